The second-order valence-electron chi connectivity index (χ2n) is 3.88. The summed E-state index contributed by atoms with van der Waals surface area (Å²) in [6.45, 7) is 4.02. The molecule has 1 N–H and O–H groups in total. The van der Waals surface area contributed by atoms with Gasteiger partial charge in [-0.2, -0.15) is 5.26 Å². The highest BCUT2D eigenvalue weighted by Crippen LogP contribution is 2.16. The SMILES string of the molecule is C[C@@H]1CCNC[C@@H]1N(C)C(=O)CC#N. The van der Waals surface area contributed by atoms with Crippen LogP contribution >= 0.6 is 0 Å². The van der Waals surface area contributed by atoms with Crippen molar-refractivity contribution < 1.29 is 4.79 Å². The molecule has 0 saturated carbocycles. The fourth-order valence-corrected chi connectivity index (χ4v) is 1.87. The molecular formula is C10H17N3O. The average Bonchev–Trinajstić information content (AvgIpc) is 2.18. The van der Waals surface area contributed by atoms with E-state index in [1.807, 2.05) is 6.07 Å². The molecule has 78 valence electrons. The predicted molar refractivity (Wildman–Crippen MR) is 53.4 cm³/mol. The molecule has 0 aliphatic carbocycles. The lowest BCUT2D eigenvalue weighted by molar-refractivity contribution is -0.132. The van der Waals surface area contributed by atoms with E-state index in [4.69, 9.17) is 5.26 Å². The summed E-state index contributed by atoms with van der Waals surface area (Å²) in [5, 5.41) is 11.7. The minimum absolute atomic E-state index is 0.0142. The van der Waals surface area contributed by atoms with Gasteiger partial charge in [-0.25, -0.2) is 0 Å². The Morgan fingerprint density at radius 3 is 3.00 bits per heavy atom. The lowest BCUT2D eigenvalue weighted by atomic mass is 9.93. The highest BCUT2D eigenvalue weighted by molar-refractivity contribution is 5.78. The zero-order valence-corrected chi connectivity index (χ0v) is 8.79. The van der Waals surface area contributed by atoms with Crippen molar-refractivity contribution in [2.75, 3.05) is 20.1 Å². The Morgan fingerprint density at radius 1 is 1.71 bits per heavy atom. The predicted octanol–water partition coefficient (Wildman–Crippen LogP) is 0.356. The van der Waals surface area contributed by atoms with Gasteiger partial charge in [0, 0.05) is 19.6 Å². The maximum atomic E-state index is 11.5. The van der Waals surface area contributed by atoms with Crippen molar-refractivity contribution in [3.05, 3.63) is 0 Å². The smallest absolute Gasteiger partial charge is 0.236 e. The highest BCUT2D eigenvalue weighted by atomic mass is 16.2. The number of piperidine rings is 1. The van der Waals surface area contributed by atoms with Gasteiger partial charge in [-0.05, 0) is 18.9 Å². The van der Waals surface area contributed by atoms with Crippen LogP contribution in [0, 0.1) is 17.2 Å². The van der Waals surface area contributed by atoms with Gasteiger partial charge in [0.05, 0.1) is 6.07 Å². The van der Waals surface area contributed by atoms with Gasteiger partial charge in [0.15, 0.2) is 0 Å². The number of hydrogen-bond acceptors (Lipinski definition) is 3. The van der Waals surface area contributed by atoms with Crippen LogP contribution in [-0.4, -0.2) is 37.0 Å². The molecule has 1 amide bonds. The van der Waals surface area contributed by atoms with Crippen LogP contribution in [-0.2, 0) is 4.79 Å². The van der Waals surface area contributed by atoms with E-state index in [1.54, 1.807) is 11.9 Å². The summed E-state index contributed by atoms with van der Waals surface area (Å²) in [5.41, 5.74) is 0. The lowest BCUT2D eigenvalue weighted by Crippen LogP contribution is -2.50. The summed E-state index contributed by atoms with van der Waals surface area (Å²) in [6, 6.07) is 2.13. The van der Waals surface area contributed by atoms with E-state index in [-0.39, 0.29) is 18.4 Å². The van der Waals surface area contributed by atoms with Crippen molar-refractivity contribution in [2.24, 2.45) is 5.92 Å². The quantitative estimate of drug-likeness (QED) is 0.692. The van der Waals surface area contributed by atoms with Gasteiger partial charge in [-0.3, -0.25) is 4.79 Å². The Bertz CT molecular complexity index is 246. The van der Waals surface area contributed by atoms with E-state index in [0.717, 1.165) is 19.5 Å². The Kier molecular flexibility index (Phi) is 3.90. The van der Waals surface area contributed by atoms with Gasteiger partial charge in [0.2, 0.25) is 5.91 Å². The first-order valence-corrected chi connectivity index (χ1v) is 5.00. The number of hydrogen-bond donors (Lipinski definition) is 1. The summed E-state index contributed by atoms with van der Waals surface area (Å²) >= 11 is 0. The Hall–Kier alpha value is -1.08. The molecule has 1 aliphatic rings. The van der Waals surface area contributed by atoms with E-state index < -0.39 is 0 Å². The van der Waals surface area contributed by atoms with Gasteiger partial charge in [-0.15, -0.1) is 0 Å². The van der Waals surface area contributed by atoms with Gasteiger partial charge in [0.25, 0.3) is 0 Å². The van der Waals surface area contributed by atoms with E-state index in [2.05, 4.69) is 12.2 Å². The maximum absolute atomic E-state index is 11.5. The Labute approximate surface area is 84.9 Å². The zero-order chi connectivity index (χ0) is 10.6. The molecule has 0 radical (unpaired) electrons. The van der Waals surface area contributed by atoms with Crippen LogP contribution in [0.5, 0.6) is 0 Å². The normalized spacial score (nSPS) is 26.6. The maximum Gasteiger partial charge on any atom is 0.236 e. The second-order valence-corrected chi connectivity index (χ2v) is 3.88. The third-order valence-electron chi connectivity index (χ3n) is 2.91. The van der Waals surface area contributed by atoms with E-state index >= 15 is 0 Å². The molecule has 14 heavy (non-hydrogen) atoms. The van der Waals surface area contributed by atoms with Crippen molar-refractivity contribution in [1.82, 2.24) is 10.2 Å². The average molecular weight is 195 g/mol. The number of amides is 1. The monoisotopic (exact) mass is 195 g/mol. The van der Waals surface area contributed by atoms with Crippen molar-refractivity contribution in [1.29, 1.82) is 5.26 Å². The molecule has 2 atom stereocenters. The van der Waals surface area contributed by atoms with Crippen LogP contribution in [0.1, 0.15) is 19.8 Å². The molecular weight excluding hydrogens is 178 g/mol. The van der Waals surface area contributed by atoms with Gasteiger partial charge >= 0.3 is 0 Å². The van der Waals surface area contributed by atoms with Crippen LogP contribution in [0.25, 0.3) is 0 Å². The molecule has 1 fully saturated rings. The van der Waals surface area contributed by atoms with Crippen LogP contribution in [0.4, 0.5) is 0 Å². The molecule has 0 bridgehead atoms. The van der Waals surface area contributed by atoms with Crippen molar-refractivity contribution >= 4 is 5.91 Å². The summed E-state index contributed by atoms with van der Waals surface area (Å²) in [7, 11) is 1.79. The summed E-state index contributed by atoms with van der Waals surface area (Å²) < 4.78 is 0. The molecule has 4 heteroatoms. The standard InChI is InChI=1S/C10H17N3O/c1-8-4-6-12-7-9(8)13(2)10(14)3-5-11/h8-9,12H,3-4,6-7H2,1-2H3/t8-,9+/m1/s1. The third-order valence-corrected chi connectivity index (χ3v) is 2.91. The first-order chi connectivity index (χ1) is 6.66. The van der Waals surface area contributed by atoms with Crippen LogP contribution in [0.15, 0.2) is 0 Å². The molecule has 1 aliphatic heterocycles. The fourth-order valence-electron chi connectivity index (χ4n) is 1.87. The molecule has 0 spiro atoms. The number of carbonyl (C=O) groups excluding carboxylic acids is 1. The van der Waals surface area contributed by atoms with Crippen LogP contribution < -0.4 is 5.32 Å². The highest BCUT2D eigenvalue weighted by Gasteiger charge is 2.27. The number of likely N-dealkylation sites (N-methyl/N-ethyl adjacent to an activating group) is 1. The molecule has 1 heterocycles. The number of rotatable bonds is 2. The molecule has 1 saturated heterocycles. The van der Waals surface area contributed by atoms with Crippen LogP contribution in [0.2, 0.25) is 0 Å². The van der Waals surface area contributed by atoms with Crippen molar-refractivity contribution in [2.45, 2.75) is 25.8 Å². The minimum Gasteiger partial charge on any atom is -0.340 e. The van der Waals surface area contributed by atoms with Crippen LogP contribution in [0.3, 0.4) is 0 Å². The summed E-state index contributed by atoms with van der Waals surface area (Å²) in [5.74, 6) is 0.442. The molecule has 0 aromatic carbocycles. The summed E-state index contributed by atoms with van der Waals surface area (Å²) in [4.78, 5) is 13.2. The molecule has 4 nitrogen and oxygen atoms in total. The number of nitriles is 1. The number of nitrogens with one attached hydrogen (secondary N) is 1. The Balaban J connectivity index is 2.54. The molecule has 0 unspecified atom stereocenters. The summed E-state index contributed by atoms with van der Waals surface area (Å²) in [6.07, 6.45) is 1.08. The van der Waals surface area contributed by atoms with Crippen molar-refractivity contribution in [3.63, 3.8) is 0 Å². The largest absolute Gasteiger partial charge is 0.340 e. The second kappa shape index (κ2) is 4.97. The molecule has 0 aromatic rings. The first kappa shape index (κ1) is 11.0. The molecule has 1 rings (SSSR count). The topological polar surface area (TPSA) is 56.1 Å². The van der Waals surface area contributed by atoms with E-state index in [0.29, 0.717) is 5.92 Å². The van der Waals surface area contributed by atoms with E-state index in [9.17, 15) is 4.79 Å². The third kappa shape index (κ3) is 2.46. The van der Waals surface area contributed by atoms with Gasteiger partial charge < -0.3 is 10.2 Å². The van der Waals surface area contributed by atoms with Gasteiger partial charge in [-0.1, -0.05) is 6.92 Å². The lowest BCUT2D eigenvalue weighted by Gasteiger charge is -2.36. The number of carbonyl (C=O) groups is 1. The van der Waals surface area contributed by atoms with E-state index in [1.165, 1.54) is 0 Å². The minimum atomic E-state index is -0.0759. The Morgan fingerprint density at radius 2 is 2.43 bits per heavy atom. The molecule has 0 aromatic heterocycles. The zero-order valence-electron chi connectivity index (χ0n) is 8.79. The fraction of sp³-hybridized carbons (Fsp3) is 0.800. The van der Waals surface area contributed by atoms with Gasteiger partial charge in [0.1, 0.15) is 6.42 Å². The number of nitrogens with zero attached hydrogens (tertiary/aromatic N) is 2. The van der Waals surface area contributed by atoms with Crippen molar-refractivity contribution in [3.8, 4) is 6.07 Å². The first-order valence-electron chi connectivity index (χ1n) is 5.00.